The zero-order valence-corrected chi connectivity index (χ0v) is 14.8. The number of carbonyl (C=O) groups excluding carboxylic acids is 1. The Morgan fingerprint density at radius 1 is 1.22 bits per heavy atom. The first kappa shape index (κ1) is 16.3. The summed E-state index contributed by atoms with van der Waals surface area (Å²) in [4.78, 5) is 18.6. The summed E-state index contributed by atoms with van der Waals surface area (Å²) in [6.07, 6.45) is 4.28. The van der Waals surface area contributed by atoms with Crippen LogP contribution in [0.5, 0.6) is 0 Å². The van der Waals surface area contributed by atoms with E-state index in [1.807, 2.05) is 18.2 Å². The van der Waals surface area contributed by atoms with Crippen LogP contribution in [0.4, 0.5) is 10.1 Å². The number of benzene rings is 1. The van der Waals surface area contributed by atoms with E-state index in [9.17, 15) is 9.18 Å². The summed E-state index contributed by atoms with van der Waals surface area (Å²) in [7, 11) is 0. The molecule has 138 valence electrons. The minimum atomic E-state index is -0.197. The molecule has 1 saturated carbocycles. The maximum Gasteiger partial charge on any atom is 0.287 e. The number of pyridine rings is 1. The molecule has 3 aromatic rings. The maximum atomic E-state index is 13.0. The van der Waals surface area contributed by atoms with Crippen molar-refractivity contribution in [2.24, 2.45) is 17.8 Å². The lowest BCUT2D eigenvalue weighted by Gasteiger charge is -2.22. The van der Waals surface area contributed by atoms with Crippen molar-refractivity contribution in [2.45, 2.75) is 6.42 Å². The van der Waals surface area contributed by atoms with Crippen LogP contribution < -0.4 is 10.2 Å². The van der Waals surface area contributed by atoms with Crippen molar-refractivity contribution in [3.63, 3.8) is 0 Å². The Morgan fingerprint density at radius 3 is 2.74 bits per heavy atom. The predicted molar refractivity (Wildman–Crippen MR) is 100 cm³/mol. The van der Waals surface area contributed by atoms with Crippen LogP contribution in [0.3, 0.4) is 0 Å². The molecule has 0 radical (unpaired) electrons. The van der Waals surface area contributed by atoms with Gasteiger partial charge >= 0.3 is 0 Å². The normalized spacial score (nSPS) is 23.4. The first-order valence-corrected chi connectivity index (χ1v) is 9.31. The summed E-state index contributed by atoms with van der Waals surface area (Å²) < 4.78 is 18.6. The van der Waals surface area contributed by atoms with Gasteiger partial charge in [0.1, 0.15) is 5.82 Å². The first-order valence-electron chi connectivity index (χ1n) is 9.31. The van der Waals surface area contributed by atoms with Crippen molar-refractivity contribution in [1.82, 2.24) is 10.3 Å². The topological polar surface area (TPSA) is 58.4 Å². The average Bonchev–Trinajstić information content (AvgIpc) is 3.06. The van der Waals surface area contributed by atoms with E-state index < -0.39 is 0 Å². The van der Waals surface area contributed by atoms with Gasteiger partial charge in [-0.05, 0) is 60.6 Å². The number of halogens is 1. The molecule has 3 heterocycles. The highest BCUT2D eigenvalue weighted by molar-refractivity contribution is 5.95. The summed E-state index contributed by atoms with van der Waals surface area (Å²) in [5.74, 6) is 1.99. The third-order valence-electron chi connectivity index (χ3n) is 5.87. The van der Waals surface area contributed by atoms with Crippen molar-refractivity contribution in [3.8, 4) is 0 Å². The zero-order valence-electron chi connectivity index (χ0n) is 14.8. The third kappa shape index (κ3) is 3.05. The van der Waals surface area contributed by atoms with Gasteiger partial charge in [0.25, 0.3) is 5.91 Å². The molecule has 1 unspecified atom stereocenters. The van der Waals surface area contributed by atoms with Crippen LogP contribution in [0.15, 0.2) is 53.2 Å². The Kier molecular flexibility index (Phi) is 3.85. The lowest BCUT2D eigenvalue weighted by atomic mass is 10.2. The summed E-state index contributed by atoms with van der Waals surface area (Å²) in [6, 6.07) is 10.3. The van der Waals surface area contributed by atoms with E-state index in [1.165, 1.54) is 12.1 Å². The van der Waals surface area contributed by atoms with Gasteiger partial charge in [0.2, 0.25) is 0 Å². The van der Waals surface area contributed by atoms with Crippen molar-refractivity contribution in [1.29, 1.82) is 0 Å². The molecule has 1 saturated heterocycles. The molecule has 2 aliphatic rings. The van der Waals surface area contributed by atoms with E-state index >= 15 is 0 Å². The molecule has 2 aromatic heterocycles. The molecule has 6 heteroatoms. The number of hydrogen-bond acceptors (Lipinski definition) is 4. The number of piperidine rings is 1. The second-order valence-electron chi connectivity index (χ2n) is 7.44. The predicted octanol–water partition coefficient (Wildman–Crippen LogP) is 3.47. The Labute approximate surface area is 156 Å². The molecule has 2 fully saturated rings. The molecule has 1 aliphatic heterocycles. The Balaban J connectivity index is 1.10. The second-order valence-corrected chi connectivity index (χ2v) is 7.44. The Hall–Kier alpha value is -2.89. The molecule has 5 nitrogen and oxygen atoms in total. The number of hydrogen-bond donors (Lipinski definition) is 1. The van der Waals surface area contributed by atoms with Crippen molar-refractivity contribution >= 4 is 22.6 Å². The maximum absolute atomic E-state index is 13.0. The van der Waals surface area contributed by atoms with Gasteiger partial charge in [0, 0.05) is 36.9 Å². The van der Waals surface area contributed by atoms with Crippen molar-refractivity contribution in [2.75, 3.05) is 24.5 Å². The number of aromatic nitrogens is 1. The number of anilines is 1. The largest absolute Gasteiger partial charge is 0.449 e. The van der Waals surface area contributed by atoms with Crippen LogP contribution in [-0.4, -0.2) is 30.5 Å². The highest BCUT2D eigenvalue weighted by Gasteiger charge is 2.54. The summed E-state index contributed by atoms with van der Waals surface area (Å²) in [5.41, 5.74) is 1.72. The molecule has 1 N–H and O–H groups in total. The molecular formula is C21H20FN3O2. The van der Waals surface area contributed by atoms with Crippen LogP contribution in [0, 0.1) is 23.6 Å². The number of nitrogens with zero attached hydrogens (tertiary/aromatic N) is 2. The average molecular weight is 365 g/mol. The fourth-order valence-corrected chi connectivity index (χ4v) is 4.38. The number of amides is 1. The van der Waals surface area contributed by atoms with Crippen molar-refractivity contribution in [3.05, 3.63) is 60.4 Å². The molecule has 1 aromatic carbocycles. The third-order valence-corrected chi connectivity index (χ3v) is 5.87. The van der Waals surface area contributed by atoms with Gasteiger partial charge < -0.3 is 14.6 Å². The van der Waals surface area contributed by atoms with Crippen LogP contribution >= 0.6 is 0 Å². The molecule has 1 amide bonds. The van der Waals surface area contributed by atoms with E-state index in [0.29, 0.717) is 35.6 Å². The van der Waals surface area contributed by atoms with E-state index in [2.05, 4.69) is 15.2 Å². The van der Waals surface area contributed by atoms with Crippen LogP contribution in [0.25, 0.3) is 11.0 Å². The van der Waals surface area contributed by atoms with Gasteiger partial charge in [-0.1, -0.05) is 0 Å². The number of rotatable bonds is 5. The van der Waals surface area contributed by atoms with Gasteiger partial charge in [-0.2, -0.15) is 0 Å². The summed E-state index contributed by atoms with van der Waals surface area (Å²) >= 11 is 0. The lowest BCUT2D eigenvalue weighted by molar-refractivity contribution is 0.0926. The molecule has 5 rings (SSSR count). The first-order chi connectivity index (χ1) is 13.2. The molecule has 0 spiro atoms. The summed E-state index contributed by atoms with van der Waals surface area (Å²) in [6.45, 7) is 2.69. The fourth-order valence-electron chi connectivity index (χ4n) is 4.38. The lowest BCUT2D eigenvalue weighted by Crippen LogP contribution is -2.27. The van der Waals surface area contributed by atoms with Crippen LogP contribution in [0.2, 0.25) is 0 Å². The quantitative estimate of drug-likeness (QED) is 0.752. The number of carbonyl (C=O) groups is 1. The zero-order chi connectivity index (χ0) is 18.4. The van der Waals surface area contributed by atoms with Gasteiger partial charge in [0.15, 0.2) is 11.3 Å². The number of furan rings is 1. The summed E-state index contributed by atoms with van der Waals surface area (Å²) in [5, 5.41) is 3.84. The van der Waals surface area contributed by atoms with Gasteiger partial charge in [-0.3, -0.25) is 9.78 Å². The SMILES string of the molecule is O=C(NCCC1[C@H]2CN(c3ccc(F)cc3)C[C@@H]12)c1cc2ccncc2o1. The Bertz CT molecular complexity index is 940. The molecule has 1 aliphatic carbocycles. The second kappa shape index (κ2) is 6.37. The molecular weight excluding hydrogens is 345 g/mol. The van der Waals surface area contributed by atoms with E-state index in [0.717, 1.165) is 30.6 Å². The number of fused-ring (bicyclic) bond motifs is 2. The smallest absolute Gasteiger partial charge is 0.287 e. The Morgan fingerprint density at radius 2 is 2.00 bits per heavy atom. The van der Waals surface area contributed by atoms with Gasteiger partial charge in [-0.15, -0.1) is 0 Å². The van der Waals surface area contributed by atoms with E-state index in [1.54, 1.807) is 18.5 Å². The van der Waals surface area contributed by atoms with Crippen molar-refractivity contribution < 1.29 is 13.6 Å². The fraction of sp³-hybridized carbons (Fsp3) is 0.333. The molecule has 0 bridgehead atoms. The molecule has 27 heavy (non-hydrogen) atoms. The van der Waals surface area contributed by atoms with Crippen LogP contribution in [0.1, 0.15) is 17.0 Å². The minimum Gasteiger partial charge on any atom is -0.449 e. The number of nitrogens with one attached hydrogen (secondary N) is 1. The van der Waals surface area contributed by atoms with E-state index in [4.69, 9.17) is 4.42 Å². The highest BCUT2D eigenvalue weighted by Crippen LogP contribution is 2.54. The van der Waals surface area contributed by atoms with Gasteiger partial charge in [0.05, 0.1) is 6.20 Å². The van der Waals surface area contributed by atoms with Crippen LogP contribution in [-0.2, 0) is 0 Å². The van der Waals surface area contributed by atoms with Gasteiger partial charge in [-0.25, -0.2) is 4.39 Å². The highest BCUT2D eigenvalue weighted by atomic mass is 19.1. The minimum absolute atomic E-state index is 0.176. The van der Waals surface area contributed by atoms with E-state index in [-0.39, 0.29) is 11.7 Å². The monoisotopic (exact) mass is 365 g/mol. The standard InChI is InChI=1S/C21H20FN3O2/c22-14-1-3-15(4-2-14)25-11-17-16(18(17)12-25)6-8-24-21(26)19-9-13-5-7-23-10-20(13)27-19/h1-5,7,9-10,16-18H,6,8,11-12H2,(H,24,26)/t16?,17-,18+. The molecule has 3 atom stereocenters.